The molecule has 1 rings (SSSR count). The number of rotatable bonds is 4. The number of thioether (sulfide) groups is 1. The molecule has 3 N–H and O–H groups in total. The first-order valence-electron chi connectivity index (χ1n) is 4.93. The Morgan fingerprint density at radius 3 is 3.14 bits per heavy atom. The molecule has 2 atom stereocenters. The maximum absolute atomic E-state index is 11.4. The minimum atomic E-state index is -0.140. The quantitative estimate of drug-likeness (QED) is 0.600. The Kier molecular flexibility index (Phi) is 5.29. The van der Waals surface area contributed by atoms with Crippen molar-refractivity contribution in [3.63, 3.8) is 0 Å². The van der Waals surface area contributed by atoms with Crippen LogP contribution in [-0.4, -0.2) is 47.8 Å². The number of aliphatic hydroxyl groups is 1. The number of nitrogens with one attached hydrogen (secondary N) is 2. The molecule has 82 valence electrons. The van der Waals surface area contributed by atoms with E-state index in [1.807, 2.05) is 11.8 Å². The molecule has 0 saturated carbocycles. The van der Waals surface area contributed by atoms with Crippen LogP contribution in [-0.2, 0) is 4.79 Å². The molecule has 1 aliphatic heterocycles. The Morgan fingerprint density at radius 2 is 2.57 bits per heavy atom. The van der Waals surface area contributed by atoms with Crippen molar-refractivity contribution in [1.29, 1.82) is 0 Å². The van der Waals surface area contributed by atoms with Gasteiger partial charge in [-0.3, -0.25) is 4.79 Å². The summed E-state index contributed by atoms with van der Waals surface area (Å²) in [4.78, 5) is 11.4. The van der Waals surface area contributed by atoms with Crippen LogP contribution < -0.4 is 10.6 Å². The third kappa shape index (κ3) is 4.30. The minimum Gasteiger partial charge on any atom is -0.394 e. The summed E-state index contributed by atoms with van der Waals surface area (Å²) in [6.07, 6.45) is 0.511. The Balaban J connectivity index is 2.18. The Labute approximate surface area is 88.8 Å². The van der Waals surface area contributed by atoms with Gasteiger partial charge in [-0.25, -0.2) is 0 Å². The summed E-state index contributed by atoms with van der Waals surface area (Å²) >= 11 is 1.88. The van der Waals surface area contributed by atoms with Crippen molar-refractivity contribution in [1.82, 2.24) is 10.6 Å². The maximum Gasteiger partial charge on any atom is 0.221 e. The van der Waals surface area contributed by atoms with E-state index >= 15 is 0 Å². The molecule has 0 aliphatic carbocycles. The van der Waals surface area contributed by atoms with Crippen LogP contribution in [0.15, 0.2) is 0 Å². The van der Waals surface area contributed by atoms with E-state index < -0.39 is 0 Å². The standard InChI is InChI=1S/C9H18N2O2S/c1-7(5-12)11-9(13)4-8-6-14-3-2-10-8/h7-8,10,12H,2-6H2,1H3,(H,11,13)/t7-,8?/m0/s1. The third-order valence-electron chi connectivity index (χ3n) is 2.11. The molecule has 0 spiro atoms. The molecular formula is C9H18N2O2S. The van der Waals surface area contributed by atoms with Gasteiger partial charge in [-0.1, -0.05) is 0 Å². The minimum absolute atomic E-state index is 0.00140. The maximum atomic E-state index is 11.4. The van der Waals surface area contributed by atoms with E-state index in [4.69, 9.17) is 5.11 Å². The molecule has 1 amide bonds. The number of aliphatic hydroxyl groups excluding tert-OH is 1. The zero-order chi connectivity index (χ0) is 10.4. The molecule has 1 heterocycles. The van der Waals surface area contributed by atoms with Gasteiger partial charge in [0.25, 0.3) is 0 Å². The summed E-state index contributed by atoms with van der Waals surface area (Å²) in [5, 5.41) is 14.8. The number of amides is 1. The molecule has 1 aliphatic rings. The normalized spacial score (nSPS) is 24.3. The van der Waals surface area contributed by atoms with E-state index in [0.717, 1.165) is 18.1 Å². The van der Waals surface area contributed by atoms with Gasteiger partial charge in [-0.15, -0.1) is 0 Å². The van der Waals surface area contributed by atoms with Crippen LogP contribution in [0.5, 0.6) is 0 Å². The molecule has 5 heteroatoms. The van der Waals surface area contributed by atoms with Crippen molar-refractivity contribution in [2.45, 2.75) is 25.4 Å². The second kappa shape index (κ2) is 6.27. The average molecular weight is 218 g/mol. The van der Waals surface area contributed by atoms with Crippen LogP contribution in [0.3, 0.4) is 0 Å². The van der Waals surface area contributed by atoms with Gasteiger partial charge in [0.15, 0.2) is 0 Å². The van der Waals surface area contributed by atoms with Crippen molar-refractivity contribution in [3.05, 3.63) is 0 Å². The van der Waals surface area contributed by atoms with Crippen molar-refractivity contribution in [2.24, 2.45) is 0 Å². The van der Waals surface area contributed by atoms with E-state index in [0.29, 0.717) is 12.5 Å². The monoisotopic (exact) mass is 218 g/mol. The summed E-state index contributed by atoms with van der Waals surface area (Å²) in [5.41, 5.74) is 0. The largest absolute Gasteiger partial charge is 0.394 e. The zero-order valence-corrected chi connectivity index (χ0v) is 9.27. The molecule has 1 unspecified atom stereocenters. The van der Waals surface area contributed by atoms with Crippen molar-refractivity contribution < 1.29 is 9.90 Å². The van der Waals surface area contributed by atoms with Gasteiger partial charge in [0, 0.05) is 36.6 Å². The summed E-state index contributed by atoms with van der Waals surface area (Å²) in [7, 11) is 0. The lowest BCUT2D eigenvalue weighted by molar-refractivity contribution is -0.122. The van der Waals surface area contributed by atoms with Crippen LogP contribution >= 0.6 is 11.8 Å². The lowest BCUT2D eigenvalue weighted by Gasteiger charge is -2.23. The number of carbonyl (C=O) groups is 1. The third-order valence-corrected chi connectivity index (χ3v) is 3.24. The lowest BCUT2D eigenvalue weighted by Crippen LogP contribution is -2.43. The highest BCUT2D eigenvalue weighted by molar-refractivity contribution is 7.99. The van der Waals surface area contributed by atoms with E-state index in [1.165, 1.54) is 0 Å². The molecule has 0 aromatic heterocycles. The van der Waals surface area contributed by atoms with Gasteiger partial charge in [0.05, 0.1) is 6.61 Å². The van der Waals surface area contributed by atoms with Crippen LogP contribution in [0.2, 0.25) is 0 Å². The van der Waals surface area contributed by atoms with E-state index in [1.54, 1.807) is 6.92 Å². The SMILES string of the molecule is C[C@@H](CO)NC(=O)CC1CSCCN1. The predicted octanol–water partition coefficient (Wildman–Crippen LogP) is -0.421. The molecule has 1 fully saturated rings. The van der Waals surface area contributed by atoms with E-state index in [-0.39, 0.29) is 18.6 Å². The van der Waals surface area contributed by atoms with Crippen LogP contribution in [0, 0.1) is 0 Å². The fraction of sp³-hybridized carbons (Fsp3) is 0.889. The van der Waals surface area contributed by atoms with Gasteiger partial charge in [-0.05, 0) is 6.92 Å². The van der Waals surface area contributed by atoms with Crippen LogP contribution in [0.1, 0.15) is 13.3 Å². The zero-order valence-electron chi connectivity index (χ0n) is 8.45. The van der Waals surface area contributed by atoms with E-state index in [9.17, 15) is 4.79 Å². The highest BCUT2D eigenvalue weighted by Gasteiger charge is 2.17. The fourth-order valence-electron chi connectivity index (χ4n) is 1.35. The second-order valence-electron chi connectivity index (χ2n) is 3.58. The first kappa shape index (κ1) is 11.8. The average Bonchev–Trinajstić information content (AvgIpc) is 2.19. The van der Waals surface area contributed by atoms with Gasteiger partial charge in [-0.2, -0.15) is 11.8 Å². The van der Waals surface area contributed by atoms with Crippen LogP contribution in [0.25, 0.3) is 0 Å². The highest BCUT2D eigenvalue weighted by Crippen LogP contribution is 2.09. The van der Waals surface area contributed by atoms with Crippen LogP contribution in [0.4, 0.5) is 0 Å². The Morgan fingerprint density at radius 1 is 1.79 bits per heavy atom. The topological polar surface area (TPSA) is 61.4 Å². The molecule has 0 radical (unpaired) electrons. The molecule has 0 bridgehead atoms. The van der Waals surface area contributed by atoms with Gasteiger partial charge >= 0.3 is 0 Å². The molecule has 0 aromatic rings. The fourth-order valence-corrected chi connectivity index (χ4v) is 2.30. The first-order chi connectivity index (χ1) is 6.72. The second-order valence-corrected chi connectivity index (χ2v) is 4.73. The number of hydrogen-bond acceptors (Lipinski definition) is 4. The van der Waals surface area contributed by atoms with Crippen molar-refractivity contribution >= 4 is 17.7 Å². The smallest absolute Gasteiger partial charge is 0.221 e. The lowest BCUT2D eigenvalue weighted by atomic mass is 10.2. The molecule has 0 aromatic carbocycles. The number of hydrogen-bond donors (Lipinski definition) is 3. The molecule has 4 nitrogen and oxygen atoms in total. The van der Waals surface area contributed by atoms with Gasteiger partial charge in [0.1, 0.15) is 0 Å². The predicted molar refractivity (Wildman–Crippen MR) is 58.4 cm³/mol. The first-order valence-corrected chi connectivity index (χ1v) is 6.09. The van der Waals surface area contributed by atoms with Crippen molar-refractivity contribution in [2.75, 3.05) is 24.7 Å². The summed E-state index contributed by atoms with van der Waals surface area (Å²) in [6.45, 7) is 2.78. The van der Waals surface area contributed by atoms with E-state index in [2.05, 4.69) is 10.6 Å². The summed E-state index contributed by atoms with van der Waals surface area (Å²) in [5.74, 6) is 2.15. The summed E-state index contributed by atoms with van der Waals surface area (Å²) < 4.78 is 0. The Hall–Kier alpha value is -0.260. The molecule has 1 saturated heterocycles. The van der Waals surface area contributed by atoms with Gasteiger partial charge in [0.2, 0.25) is 5.91 Å². The highest BCUT2D eigenvalue weighted by atomic mass is 32.2. The Bertz CT molecular complexity index is 184. The number of carbonyl (C=O) groups excluding carboxylic acids is 1. The summed E-state index contributed by atoms with van der Waals surface area (Å²) in [6, 6.07) is 0.151. The van der Waals surface area contributed by atoms with Gasteiger partial charge < -0.3 is 15.7 Å². The molecular weight excluding hydrogens is 200 g/mol. The molecule has 14 heavy (non-hydrogen) atoms. The van der Waals surface area contributed by atoms with Crippen molar-refractivity contribution in [3.8, 4) is 0 Å².